The quantitative estimate of drug-likeness (QED) is 0.276. The first-order chi connectivity index (χ1) is 19.6. The number of benzene rings is 2. The molecule has 0 aliphatic rings. The molecule has 0 saturated heterocycles. The van der Waals surface area contributed by atoms with Crippen LogP contribution in [0, 0.1) is 22.7 Å². The molecular weight excluding hydrogens is 538 g/mol. The van der Waals surface area contributed by atoms with Gasteiger partial charge >= 0.3 is 0 Å². The predicted molar refractivity (Wildman–Crippen MR) is 157 cm³/mol. The van der Waals surface area contributed by atoms with E-state index in [1.54, 1.807) is 76.3 Å². The molecule has 0 amide bonds. The fourth-order valence-corrected chi connectivity index (χ4v) is 4.89. The minimum Gasteiger partial charge on any atom is -0.279 e. The van der Waals surface area contributed by atoms with Gasteiger partial charge in [0.2, 0.25) is 5.95 Å². The first-order valence-corrected chi connectivity index (χ1v) is 14.9. The molecule has 5 rings (SSSR count). The molecule has 0 unspecified atom stereocenters. The van der Waals surface area contributed by atoms with Crippen molar-refractivity contribution < 1.29 is 4.21 Å². The van der Waals surface area contributed by atoms with Crippen molar-refractivity contribution in [2.24, 2.45) is 4.36 Å². The monoisotopic (exact) mass is 563 g/mol. The van der Waals surface area contributed by atoms with Gasteiger partial charge in [0.1, 0.15) is 5.39 Å². The first-order valence-electron chi connectivity index (χ1n) is 12.5. The molecule has 204 valence electrons. The van der Waals surface area contributed by atoms with Gasteiger partial charge in [0.15, 0.2) is 17.3 Å². The van der Waals surface area contributed by atoms with E-state index in [-0.39, 0.29) is 23.4 Å². The third-order valence-corrected chi connectivity index (χ3v) is 6.69. The lowest BCUT2D eigenvalue weighted by Gasteiger charge is -2.23. The Hall–Kier alpha value is -5.33. The van der Waals surface area contributed by atoms with Gasteiger partial charge in [0.25, 0.3) is 5.56 Å². The highest BCUT2D eigenvalue weighted by Crippen LogP contribution is 2.33. The Morgan fingerprint density at radius 1 is 0.902 bits per heavy atom. The van der Waals surface area contributed by atoms with Gasteiger partial charge in [-0.3, -0.25) is 9.69 Å². The molecule has 0 bridgehead atoms. The molecule has 0 atom stereocenters. The molecule has 0 saturated carbocycles. The Labute approximate surface area is 236 Å². The third-order valence-electron chi connectivity index (χ3n) is 6.06. The summed E-state index contributed by atoms with van der Waals surface area (Å²) in [6.45, 7) is 3.76. The summed E-state index contributed by atoms with van der Waals surface area (Å²) in [5.41, 5.74) is 2.36. The van der Waals surface area contributed by atoms with Crippen LogP contribution in [-0.4, -0.2) is 41.0 Å². The van der Waals surface area contributed by atoms with Gasteiger partial charge < -0.3 is 0 Å². The maximum absolute atomic E-state index is 13.5. The summed E-state index contributed by atoms with van der Waals surface area (Å²) in [6, 6.07) is 22.9. The minimum absolute atomic E-state index is 0.253. The summed E-state index contributed by atoms with van der Waals surface area (Å²) in [5.74, 6) is 0.907. The number of hydrogen-bond acceptors (Lipinski definition) is 9. The van der Waals surface area contributed by atoms with E-state index >= 15 is 0 Å². The lowest BCUT2D eigenvalue weighted by molar-refractivity contribution is 0.472. The van der Waals surface area contributed by atoms with Crippen LogP contribution >= 0.6 is 0 Å². The van der Waals surface area contributed by atoms with Crippen LogP contribution in [0.15, 0.2) is 82.1 Å². The van der Waals surface area contributed by atoms with E-state index in [4.69, 9.17) is 4.98 Å². The van der Waals surface area contributed by atoms with Gasteiger partial charge in [-0.05, 0) is 74.5 Å². The van der Waals surface area contributed by atoms with Gasteiger partial charge in [-0.2, -0.15) is 19.9 Å². The maximum atomic E-state index is 13.5. The second-order valence-corrected chi connectivity index (χ2v) is 12.3. The molecule has 41 heavy (non-hydrogen) atoms. The Bertz CT molecular complexity index is 1970. The SMILES string of the molecule is CC(C)n1c(=O)c2cnc(N(c3ccc(C#N)cc3)c3ccc(C#N)cc3)nc2n1-c1cccc(N=S(C)(C)=O)n1. The van der Waals surface area contributed by atoms with Crippen LogP contribution in [-0.2, 0) is 9.73 Å². The topological polar surface area (TPSA) is 146 Å². The van der Waals surface area contributed by atoms with Crippen LogP contribution in [0.1, 0.15) is 31.0 Å². The molecule has 11 nitrogen and oxygen atoms in total. The van der Waals surface area contributed by atoms with Gasteiger partial charge in [-0.1, -0.05) is 6.07 Å². The van der Waals surface area contributed by atoms with Crippen LogP contribution in [0.2, 0.25) is 0 Å². The Morgan fingerprint density at radius 3 is 2.00 bits per heavy atom. The highest BCUT2D eigenvalue weighted by atomic mass is 32.2. The van der Waals surface area contributed by atoms with Crippen molar-refractivity contribution in [1.82, 2.24) is 24.3 Å². The number of nitriles is 2. The van der Waals surface area contributed by atoms with E-state index in [1.165, 1.54) is 23.4 Å². The van der Waals surface area contributed by atoms with Crippen molar-refractivity contribution in [2.75, 3.05) is 17.4 Å². The zero-order chi connectivity index (χ0) is 29.3. The summed E-state index contributed by atoms with van der Waals surface area (Å²) in [7, 11) is -2.47. The molecule has 0 aliphatic carbocycles. The van der Waals surface area contributed by atoms with Crippen molar-refractivity contribution in [2.45, 2.75) is 19.9 Å². The lowest BCUT2D eigenvalue weighted by atomic mass is 10.1. The predicted octanol–water partition coefficient (Wildman–Crippen LogP) is 5.13. The normalized spacial score (nSPS) is 11.3. The molecule has 0 fully saturated rings. The molecule has 3 heterocycles. The number of nitrogens with zero attached hydrogens (tertiary/aromatic N) is 9. The summed E-state index contributed by atoms with van der Waals surface area (Å²) in [5, 5.41) is 18.9. The molecule has 0 aliphatic heterocycles. The molecule has 0 radical (unpaired) electrons. The van der Waals surface area contributed by atoms with Crippen molar-refractivity contribution in [3.05, 3.63) is 94.4 Å². The average Bonchev–Trinajstić information content (AvgIpc) is 3.25. The second-order valence-electron chi connectivity index (χ2n) is 9.74. The van der Waals surface area contributed by atoms with E-state index in [1.807, 2.05) is 13.8 Å². The number of fused-ring (bicyclic) bond motifs is 1. The number of aromatic nitrogens is 5. The van der Waals surface area contributed by atoms with Gasteiger partial charge in [-0.25, -0.2) is 23.5 Å². The van der Waals surface area contributed by atoms with Gasteiger partial charge in [0, 0.05) is 45.9 Å². The van der Waals surface area contributed by atoms with Crippen LogP contribution in [0.3, 0.4) is 0 Å². The van der Waals surface area contributed by atoms with Crippen LogP contribution in [0.25, 0.3) is 16.9 Å². The van der Waals surface area contributed by atoms with Crippen LogP contribution in [0.4, 0.5) is 23.1 Å². The largest absolute Gasteiger partial charge is 0.279 e. The zero-order valence-corrected chi connectivity index (χ0v) is 23.6. The van der Waals surface area contributed by atoms with E-state index < -0.39 is 9.73 Å². The minimum atomic E-state index is -2.47. The van der Waals surface area contributed by atoms with Crippen LogP contribution < -0.4 is 10.5 Å². The number of anilines is 3. The number of hydrogen-bond donors (Lipinski definition) is 0. The third kappa shape index (κ3) is 5.41. The standard InChI is InChI=1S/C29H25N9O2S/c1-19(2)37-28(39)24-18-32-29(34-27(24)38(37)26-7-5-6-25(33-26)35-41(3,4)40)36(22-12-8-20(16-30)9-13-22)23-14-10-21(17-31)11-15-23/h5-15,18-19H,1-4H3. The Kier molecular flexibility index (Phi) is 7.10. The van der Waals surface area contributed by atoms with Crippen molar-refractivity contribution >= 4 is 43.9 Å². The molecule has 0 N–H and O–H groups in total. The summed E-state index contributed by atoms with van der Waals surface area (Å²) >= 11 is 0. The summed E-state index contributed by atoms with van der Waals surface area (Å²) < 4.78 is 19.7. The first kappa shape index (κ1) is 27.2. The molecule has 0 spiro atoms. The summed E-state index contributed by atoms with van der Waals surface area (Å²) in [6.07, 6.45) is 4.53. The van der Waals surface area contributed by atoms with Gasteiger partial charge in [-0.15, -0.1) is 0 Å². The zero-order valence-electron chi connectivity index (χ0n) is 22.8. The van der Waals surface area contributed by atoms with Crippen molar-refractivity contribution in [3.63, 3.8) is 0 Å². The average molecular weight is 564 g/mol. The highest BCUT2D eigenvalue weighted by Gasteiger charge is 2.23. The maximum Gasteiger partial charge on any atom is 0.278 e. The fourth-order valence-electron chi connectivity index (χ4n) is 4.34. The highest BCUT2D eigenvalue weighted by molar-refractivity contribution is 7.92. The Balaban J connectivity index is 1.78. The molecule has 12 heteroatoms. The lowest BCUT2D eigenvalue weighted by Crippen LogP contribution is -2.24. The molecule has 2 aromatic carbocycles. The molecule has 3 aromatic heterocycles. The fraction of sp³-hybridized carbons (Fsp3) is 0.172. The van der Waals surface area contributed by atoms with Gasteiger partial charge in [0.05, 0.1) is 23.3 Å². The van der Waals surface area contributed by atoms with E-state index in [0.717, 1.165) is 0 Å². The van der Waals surface area contributed by atoms with Crippen molar-refractivity contribution in [3.8, 4) is 18.0 Å². The summed E-state index contributed by atoms with van der Waals surface area (Å²) in [4.78, 5) is 29.3. The molecule has 5 aromatic rings. The smallest absolute Gasteiger partial charge is 0.278 e. The van der Waals surface area contributed by atoms with E-state index in [9.17, 15) is 19.5 Å². The van der Waals surface area contributed by atoms with E-state index in [2.05, 4.69) is 26.5 Å². The molecular formula is C29H25N9O2S. The van der Waals surface area contributed by atoms with Crippen LogP contribution in [0.5, 0.6) is 0 Å². The van der Waals surface area contributed by atoms with E-state index in [0.29, 0.717) is 39.4 Å². The second kappa shape index (κ2) is 10.7. The Morgan fingerprint density at radius 2 is 1.49 bits per heavy atom. The number of pyridine rings is 1. The van der Waals surface area contributed by atoms with Crippen molar-refractivity contribution in [1.29, 1.82) is 10.5 Å². The number of rotatable bonds is 6.